The molecule has 0 saturated heterocycles. The van der Waals surface area contributed by atoms with Crippen LogP contribution in [0.2, 0.25) is 0 Å². The Labute approximate surface area is 155 Å². The molecule has 1 atom stereocenters. The van der Waals surface area contributed by atoms with Gasteiger partial charge >= 0.3 is 0 Å². The van der Waals surface area contributed by atoms with Gasteiger partial charge in [-0.1, -0.05) is 0 Å². The Balaban J connectivity index is 1.91. The summed E-state index contributed by atoms with van der Waals surface area (Å²) in [4.78, 5) is 7.07. The highest BCUT2D eigenvalue weighted by atomic mass is 79.9. The Morgan fingerprint density at radius 2 is 2.32 bits per heavy atom. The number of benzene rings is 1. The molecule has 25 heavy (non-hydrogen) atoms. The van der Waals surface area contributed by atoms with Crippen LogP contribution in [0.15, 0.2) is 21.6 Å². The highest BCUT2D eigenvalue weighted by Crippen LogP contribution is 2.36. The van der Waals surface area contributed by atoms with Crippen LogP contribution in [-0.2, 0) is 19.5 Å². The molecule has 0 bridgehead atoms. The molecule has 10 heteroatoms. The number of hydrogen-bond donors (Lipinski definition) is 3. The molecule has 1 aliphatic rings. The van der Waals surface area contributed by atoms with E-state index in [4.69, 9.17) is 23.2 Å². The maximum Gasteiger partial charge on any atom is 0.202 e. The first-order valence-corrected chi connectivity index (χ1v) is 8.51. The van der Waals surface area contributed by atoms with E-state index in [1.807, 2.05) is 4.57 Å². The number of rotatable bonds is 3. The number of nitriles is 1. The third kappa shape index (κ3) is 3.29. The molecule has 0 spiro atoms. The molecule has 0 amide bonds. The molecule has 1 aliphatic heterocycles. The zero-order chi connectivity index (χ0) is 18.1. The molecular weight excluding hydrogens is 414 g/mol. The second-order valence-corrected chi connectivity index (χ2v) is 6.80. The molecule has 0 fully saturated rings. The minimum Gasteiger partial charge on any atom is -0.369 e. The summed E-state index contributed by atoms with van der Waals surface area (Å²) in [7, 11) is 0. The van der Waals surface area contributed by atoms with E-state index in [0.717, 1.165) is 5.69 Å². The predicted octanol–water partition coefficient (Wildman–Crippen LogP) is 2.81. The largest absolute Gasteiger partial charge is 0.369 e. The van der Waals surface area contributed by atoms with E-state index in [1.165, 1.54) is 12.1 Å². The fraction of sp³-hybridized carbons (Fsp3) is 0.267. The van der Waals surface area contributed by atoms with Gasteiger partial charge in [0.15, 0.2) is 11.0 Å². The summed E-state index contributed by atoms with van der Waals surface area (Å²) in [6.45, 7) is 0.563. The van der Waals surface area contributed by atoms with Gasteiger partial charge in [-0.05, 0) is 46.7 Å². The number of fused-ring (bicyclic) bond motifs is 1. The SMILES string of the molecule is N#CNC(N)=NCc1[nH]c(=S)n2c1C[C@@H](c1c(F)ccc(Br)c1F)C2. The van der Waals surface area contributed by atoms with Gasteiger partial charge in [0.05, 0.1) is 16.7 Å². The molecule has 6 nitrogen and oxygen atoms in total. The summed E-state index contributed by atoms with van der Waals surface area (Å²) in [6, 6.07) is 2.59. The highest BCUT2D eigenvalue weighted by Gasteiger charge is 2.31. The fourth-order valence-electron chi connectivity index (χ4n) is 3.00. The minimum atomic E-state index is -0.590. The molecular formula is C15H13BrF2N6S. The summed E-state index contributed by atoms with van der Waals surface area (Å²) < 4.78 is 31.1. The van der Waals surface area contributed by atoms with Gasteiger partial charge in [0, 0.05) is 23.7 Å². The molecule has 0 aliphatic carbocycles. The Morgan fingerprint density at radius 1 is 1.56 bits per heavy atom. The van der Waals surface area contributed by atoms with Crippen LogP contribution in [-0.4, -0.2) is 15.5 Å². The zero-order valence-corrected chi connectivity index (χ0v) is 15.2. The number of nitrogens with zero attached hydrogens (tertiary/aromatic N) is 3. The Kier molecular flexibility index (Phi) is 4.87. The molecule has 4 N–H and O–H groups in total. The topological polar surface area (TPSA) is 94.9 Å². The van der Waals surface area contributed by atoms with Crippen LogP contribution >= 0.6 is 28.1 Å². The number of aromatic amines is 1. The second kappa shape index (κ2) is 6.93. The van der Waals surface area contributed by atoms with E-state index < -0.39 is 11.6 Å². The number of hydrogen-bond acceptors (Lipinski definition) is 3. The number of nitrogens with two attached hydrogens (primary N) is 1. The normalized spacial score (nSPS) is 16.6. The number of imidazole rings is 1. The van der Waals surface area contributed by atoms with Gasteiger partial charge < -0.3 is 15.3 Å². The Morgan fingerprint density at radius 3 is 3.04 bits per heavy atom. The first kappa shape index (κ1) is 17.6. The molecule has 1 aromatic carbocycles. The summed E-state index contributed by atoms with van der Waals surface area (Å²) in [5.41, 5.74) is 7.12. The van der Waals surface area contributed by atoms with Gasteiger partial charge in [0.2, 0.25) is 5.96 Å². The van der Waals surface area contributed by atoms with Crippen LogP contribution in [0, 0.1) is 27.9 Å². The van der Waals surface area contributed by atoms with Gasteiger partial charge in [0.1, 0.15) is 11.6 Å². The standard InChI is InChI=1S/C15H13BrF2N6S/c16-8-1-2-9(17)12(13(8)18)7-3-11-10(4-21-14(20)22-6-19)23-15(25)24(11)5-7/h1-2,7H,3-5H2,(H,23,25)(H3,20,21,22)/t7-/m1/s1. The minimum absolute atomic E-state index is 0.0135. The van der Waals surface area contributed by atoms with Crippen LogP contribution in [0.25, 0.3) is 0 Å². The van der Waals surface area contributed by atoms with Gasteiger partial charge in [-0.15, -0.1) is 0 Å². The van der Waals surface area contributed by atoms with E-state index in [1.54, 1.807) is 6.19 Å². The molecule has 0 radical (unpaired) electrons. The average Bonchev–Trinajstić information content (AvgIpc) is 3.11. The van der Waals surface area contributed by atoms with Crippen LogP contribution in [0.3, 0.4) is 0 Å². The van der Waals surface area contributed by atoms with Crippen LogP contribution < -0.4 is 11.1 Å². The van der Waals surface area contributed by atoms with Crippen LogP contribution in [0.5, 0.6) is 0 Å². The summed E-state index contributed by atoms with van der Waals surface area (Å²) in [6.07, 6.45) is 2.10. The van der Waals surface area contributed by atoms with E-state index in [9.17, 15) is 8.78 Å². The van der Waals surface area contributed by atoms with Crippen LogP contribution in [0.4, 0.5) is 8.78 Å². The third-order valence-corrected chi connectivity index (χ3v) is 5.03. The van der Waals surface area contributed by atoms with Gasteiger partial charge in [-0.3, -0.25) is 5.32 Å². The van der Waals surface area contributed by atoms with Crippen molar-refractivity contribution in [2.24, 2.45) is 10.7 Å². The molecule has 1 aromatic heterocycles. The van der Waals surface area contributed by atoms with E-state index >= 15 is 0 Å². The molecule has 3 rings (SSSR count). The third-order valence-electron chi connectivity index (χ3n) is 4.10. The maximum absolute atomic E-state index is 14.4. The fourth-order valence-corrected chi connectivity index (χ4v) is 3.65. The lowest BCUT2D eigenvalue weighted by Crippen LogP contribution is -2.27. The van der Waals surface area contributed by atoms with Crippen molar-refractivity contribution in [1.82, 2.24) is 14.9 Å². The molecule has 0 unspecified atom stereocenters. The van der Waals surface area contributed by atoms with Gasteiger partial charge in [-0.2, -0.15) is 5.26 Å². The number of guanidine groups is 1. The number of H-pyrrole nitrogens is 1. The Bertz CT molecular complexity index is 958. The lowest BCUT2D eigenvalue weighted by molar-refractivity contribution is 0.509. The maximum atomic E-state index is 14.4. The quantitative estimate of drug-likeness (QED) is 0.175. The number of nitrogens with one attached hydrogen (secondary N) is 2. The molecule has 2 aromatic rings. The van der Waals surface area contributed by atoms with Crippen molar-refractivity contribution in [3.05, 3.63) is 50.0 Å². The van der Waals surface area contributed by atoms with E-state index in [2.05, 4.69) is 31.2 Å². The van der Waals surface area contributed by atoms with Crippen molar-refractivity contribution >= 4 is 34.1 Å². The van der Waals surface area contributed by atoms with Crippen molar-refractivity contribution in [2.75, 3.05) is 0 Å². The van der Waals surface area contributed by atoms with Crippen molar-refractivity contribution in [3.63, 3.8) is 0 Å². The van der Waals surface area contributed by atoms with Crippen molar-refractivity contribution < 1.29 is 8.78 Å². The van der Waals surface area contributed by atoms with E-state index in [0.29, 0.717) is 23.4 Å². The molecule has 130 valence electrons. The van der Waals surface area contributed by atoms with Gasteiger partial charge in [-0.25, -0.2) is 13.8 Å². The summed E-state index contributed by atoms with van der Waals surface area (Å²) in [5.74, 6) is -1.54. The first-order valence-electron chi connectivity index (χ1n) is 7.31. The predicted molar refractivity (Wildman–Crippen MR) is 94.2 cm³/mol. The lowest BCUT2D eigenvalue weighted by atomic mass is 9.95. The lowest BCUT2D eigenvalue weighted by Gasteiger charge is -2.13. The molecule has 0 saturated carbocycles. The second-order valence-electron chi connectivity index (χ2n) is 5.56. The summed E-state index contributed by atoms with van der Waals surface area (Å²) >= 11 is 8.39. The van der Waals surface area contributed by atoms with Crippen molar-refractivity contribution in [3.8, 4) is 6.19 Å². The van der Waals surface area contributed by atoms with Gasteiger partial charge in [0.25, 0.3) is 0 Å². The zero-order valence-electron chi connectivity index (χ0n) is 12.8. The van der Waals surface area contributed by atoms with Crippen LogP contribution in [0.1, 0.15) is 22.9 Å². The number of aromatic nitrogens is 2. The molecule has 2 heterocycles. The van der Waals surface area contributed by atoms with E-state index in [-0.39, 0.29) is 28.5 Å². The number of aliphatic imine (C=N–C) groups is 1. The summed E-state index contributed by atoms with van der Waals surface area (Å²) in [5, 5.41) is 10.7. The smallest absolute Gasteiger partial charge is 0.202 e. The first-order chi connectivity index (χ1) is 11.9. The highest BCUT2D eigenvalue weighted by molar-refractivity contribution is 9.10. The van der Waals surface area contributed by atoms with Crippen molar-refractivity contribution in [2.45, 2.75) is 25.4 Å². The number of halogens is 3. The average molecular weight is 427 g/mol. The van der Waals surface area contributed by atoms with Crippen molar-refractivity contribution in [1.29, 1.82) is 5.26 Å². The Hall–Kier alpha value is -2.25. The monoisotopic (exact) mass is 426 g/mol.